The van der Waals surface area contributed by atoms with E-state index in [4.69, 9.17) is 19.7 Å². The Hall–Kier alpha value is -0.240. The predicted octanol–water partition coefficient (Wildman–Crippen LogP) is -2.57. The Balaban J connectivity index is 2.77. The van der Waals surface area contributed by atoms with Crippen LogP contribution in [0.1, 0.15) is 0 Å². The minimum absolute atomic E-state index is 0.188. The number of hydrogen-bond donors (Lipinski definition) is 4. The molecule has 1 aliphatic rings. The normalized spacial score (nSPS) is 46.4. The maximum Gasteiger partial charge on any atom is 0.220 e. The average molecular weight is 194 g/mol. The lowest BCUT2D eigenvalue weighted by molar-refractivity contribution is -0.340. The van der Waals surface area contributed by atoms with E-state index in [0.717, 1.165) is 0 Å². The van der Waals surface area contributed by atoms with Gasteiger partial charge < -0.3 is 29.9 Å². The van der Waals surface area contributed by atoms with E-state index in [1.807, 2.05) is 0 Å². The van der Waals surface area contributed by atoms with E-state index in [9.17, 15) is 10.2 Å². The summed E-state index contributed by atoms with van der Waals surface area (Å²) in [5, 5.41) is 36.7. The largest absolute Gasteiger partial charge is 0.391 e. The Labute approximate surface area is 75.3 Å². The zero-order chi connectivity index (χ0) is 10.1. The van der Waals surface area contributed by atoms with Crippen LogP contribution in [-0.4, -0.2) is 64.8 Å². The molecule has 0 aromatic rings. The number of aliphatic hydroxyl groups is 4. The molecule has 0 amide bonds. The van der Waals surface area contributed by atoms with E-state index < -0.39 is 30.7 Å². The SMILES string of the molecule is CO[C@]1(CO)OC[C@@H](O)[C@@H](O)[C@@H]1O. The van der Waals surface area contributed by atoms with Crippen LogP contribution >= 0.6 is 0 Å². The van der Waals surface area contributed by atoms with Crippen LogP contribution in [-0.2, 0) is 9.47 Å². The summed E-state index contributed by atoms with van der Waals surface area (Å²) in [6.45, 7) is -0.777. The molecular formula is C7H14O6. The number of hydrogen-bond acceptors (Lipinski definition) is 6. The van der Waals surface area contributed by atoms with Crippen LogP contribution in [0.2, 0.25) is 0 Å². The number of methoxy groups -OCH3 is 1. The average Bonchev–Trinajstić information content (AvgIpc) is 2.16. The molecule has 4 atom stereocenters. The van der Waals surface area contributed by atoms with E-state index in [-0.39, 0.29) is 6.61 Å². The Morgan fingerprint density at radius 2 is 2.08 bits per heavy atom. The summed E-state index contributed by atoms with van der Waals surface area (Å²) in [7, 11) is 1.24. The van der Waals surface area contributed by atoms with Gasteiger partial charge in [0.15, 0.2) is 0 Å². The molecule has 6 heteroatoms. The summed E-state index contributed by atoms with van der Waals surface area (Å²) in [4.78, 5) is 0. The summed E-state index contributed by atoms with van der Waals surface area (Å²) in [5.41, 5.74) is 0. The third kappa shape index (κ3) is 1.69. The first kappa shape index (κ1) is 10.8. The molecule has 0 aromatic carbocycles. The number of rotatable bonds is 2. The first-order chi connectivity index (χ1) is 6.07. The van der Waals surface area contributed by atoms with E-state index in [2.05, 4.69) is 0 Å². The molecule has 1 saturated heterocycles. The van der Waals surface area contributed by atoms with Crippen molar-refractivity contribution in [2.45, 2.75) is 24.1 Å². The lowest BCUT2D eigenvalue weighted by atomic mass is 9.97. The van der Waals surface area contributed by atoms with E-state index in [0.29, 0.717) is 0 Å². The lowest BCUT2D eigenvalue weighted by Crippen LogP contribution is -2.63. The van der Waals surface area contributed by atoms with Gasteiger partial charge in [0.2, 0.25) is 5.79 Å². The van der Waals surface area contributed by atoms with Crippen molar-refractivity contribution in [1.29, 1.82) is 0 Å². The summed E-state index contributed by atoms with van der Waals surface area (Å²) in [6.07, 6.45) is -4.00. The van der Waals surface area contributed by atoms with Gasteiger partial charge in [0, 0.05) is 7.11 Å². The van der Waals surface area contributed by atoms with Gasteiger partial charge in [-0.1, -0.05) is 0 Å². The second-order valence-corrected chi connectivity index (χ2v) is 2.99. The van der Waals surface area contributed by atoms with Crippen molar-refractivity contribution in [3.8, 4) is 0 Å². The van der Waals surface area contributed by atoms with Crippen molar-refractivity contribution >= 4 is 0 Å². The zero-order valence-corrected chi connectivity index (χ0v) is 7.25. The van der Waals surface area contributed by atoms with Crippen LogP contribution in [0.4, 0.5) is 0 Å². The first-order valence-corrected chi connectivity index (χ1v) is 3.91. The highest BCUT2D eigenvalue weighted by Crippen LogP contribution is 2.26. The Bertz CT molecular complexity index is 168. The van der Waals surface area contributed by atoms with Crippen molar-refractivity contribution in [2.75, 3.05) is 20.3 Å². The summed E-state index contributed by atoms with van der Waals surface area (Å²) >= 11 is 0. The van der Waals surface area contributed by atoms with Gasteiger partial charge in [0.05, 0.1) is 6.61 Å². The predicted molar refractivity (Wildman–Crippen MR) is 40.8 cm³/mol. The highest BCUT2D eigenvalue weighted by Gasteiger charge is 2.49. The van der Waals surface area contributed by atoms with E-state index >= 15 is 0 Å². The first-order valence-electron chi connectivity index (χ1n) is 3.91. The molecule has 0 aromatic heterocycles. The molecule has 78 valence electrons. The van der Waals surface area contributed by atoms with Crippen molar-refractivity contribution in [2.24, 2.45) is 0 Å². The van der Waals surface area contributed by atoms with E-state index in [1.165, 1.54) is 7.11 Å². The van der Waals surface area contributed by atoms with Crippen molar-refractivity contribution < 1.29 is 29.9 Å². The standard InChI is InChI=1S/C7H14O6/c1-12-7(3-8)6(11)5(10)4(9)2-13-7/h4-6,8-11H,2-3H2,1H3/t4-,5-,6+,7-/m1/s1. The van der Waals surface area contributed by atoms with E-state index in [1.54, 1.807) is 0 Å². The molecule has 1 aliphatic heterocycles. The van der Waals surface area contributed by atoms with Crippen LogP contribution in [0.3, 0.4) is 0 Å². The smallest absolute Gasteiger partial charge is 0.220 e. The third-order valence-corrected chi connectivity index (χ3v) is 2.23. The minimum atomic E-state index is -1.63. The van der Waals surface area contributed by atoms with Gasteiger partial charge in [-0.25, -0.2) is 0 Å². The topological polar surface area (TPSA) is 99.4 Å². The Morgan fingerprint density at radius 3 is 2.54 bits per heavy atom. The molecule has 13 heavy (non-hydrogen) atoms. The van der Waals surface area contributed by atoms with Crippen LogP contribution in [0.15, 0.2) is 0 Å². The van der Waals surface area contributed by atoms with Gasteiger partial charge in [-0.05, 0) is 0 Å². The van der Waals surface area contributed by atoms with Gasteiger partial charge in [-0.2, -0.15) is 0 Å². The van der Waals surface area contributed by atoms with Crippen LogP contribution < -0.4 is 0 Å². The molecule has 1 rings (SSSR count). The lowest BCUT2D eigenvalue weighted by Gasteiger charge is -2.42. The number of aliphatic hydroxyl groups excluding tert-OH is 4. The molecule has 4 N–H and O–H groups in total. The van der Waals surface area contributed by atoms with Gasteiger partial charge >= 0.3 is 0 Å². The fourth-order valence-corrected chi connectivity index (χ4v) is 1.26. The zero-order valence-electron chi connectivity index (χ0n) is 7.25. The highest BCUT2D eigenvalue weighted by molar-refractivity contribution is 4.92. The second-order valence-electron chi connectivity index (χ2n) is 2.99. The summed E-state index contributed by atoms with van der Waals surface area (Å²) < 4.78 is 9.69. The van der Waals surface area contributed by atoms with Gasteiger partial charge in [-0.15, -0.1) is 0 Å². The summed E-state index contributed by atoms with van der Waals surface area (Å²) in [6, 6.07) is 0. The molecule has 1 fully saturated rings. The Morgan fingerprint density at radius 1 is 1.46 bits per heavy atom. The molecule has 6 nitrogen and oxygen atoms in total. The maximum absolute atomic E-state index is 9.44. The third-order valence-electron chi connectivity index (χ3n) is 2.23. The molecular weight excluding hydrogens is 180 g/mol. The summed E-state index contributed by atoms with van der Waals surface area (Å²) in [5.74, 6) is -1.63. The highest BCUT2D eigenvalue weighted by atomic mass is 16.7. The van der Waals surface area contributed by atoms with Crippen molar-refractivity contribution in [3.63, 3.8) is 0 Å². The number of ether oxygens (including phenoxy) is 2. The molecule has 1 heterocycles. The van der Waals surface area contributed by atoms with Crippen molar-refractivity contribution in [3.05, 3.63) is 0 Å². The maximum atomic E-state index is 9.44. The quantitative estimate of drug-likeness (QED) is 0.386. The molecule has 0 radical (unpaired) electrons. The Kier molecular flexibility index (Phi) is 3.23. The molecule has 0 saturated carbocycles. The fourth-order valence-electron chi connectivity index (χ4n) is 1.26. The molecule has 0 bridgehead atoms. The molecule has 0 spiro atoms. The minimum Gasteiger partial charge on any atom is -0.391 e. The van der Waals surface area contributed by atoms with Gasteiger partial charge in [0.25, 0.3) is 0 Å². The fraction of sp³-hybridized carbons (Fsp3) is 1.00. The second kappa shape index (κ2) is 3.87. The monoisotopic (exact) mass is 194 g/mol. The van der Waals surface area contributed by atoms with Crippen LogP contribution in [0.5, 0.6) is 0 Å². The van der Waals surface area contributed by atoms with Gasteiger partial charge in [-0.3, -0.25) is 0 Å². The van der Waals surface area contributed by atoms with Gasteiger partial charge in [0.1, 0.15) is 24.9 Å². The van der Waals surface area contributed by atoms with Crippen molar-refractivity contribution in [1.82, 2.24) is 0 Å². The van der Waals surface area contributed by atoms with Crippen LogP contribution in [0, 0.1) is 0 Å². The molecule has 0 unspecified atom stereocenters. The van der Waals surface area contributed by atoms with Crippen LogP contribution in [0.25, 0.3) is 0 Å². The molecule has 0 aliphatic carbocycles.